The third-order valence-corrected chi connectivity index (χ3v) is 4.56. The number of nitrogens with zero attached hydrogens (tertiary/aromatic N) is 2. The molecular weight excluding hydrogens is 344 g/mol. The number of morpholine rings is 1. The minimum Gasteiger partial charge on any atom is -0.369 e. The molecule has 0 saturated carbocycles. The van der Waals surface area contributed by atoms with Gasteiger partial charge in [0.05, 0.1) is 24.2 Å². The van der Waals surface area contributed by atoms with Crippen molar-refractivity contribution in [1.29, 1.82) is 0 Å². The first-order valence-electron chi connectivity index (χ1n) is 8.83. The Balaban J connectivity index is 1.44. The van der Waals surface area contributed by atoms with Gasteiger partial charge in [-0.2, -0.15) is 0 Å². The number of imidazole rings is 1. The van der Waals surface area contributed by atoms with Crippen LogP contribution >= 0.6 is 0 Å². The van der Waals surface area contributed by atoms with E-state index in [2.05, 4.69) is 15.3 Å². The van der Waals surface area contributed by atoms with Crippen LogP contribution in [0.4, 0.5) is 0 Å². The molecule has 0 spiro atoms. The highest BCUT2D eigenvalue weighted by Gasteiger charge is 2.34. The zero-order valence-electron chi connectivity index (χ0n) is 14.7. The van der Waals surface area contributed by atoms with Crippen LogP contribution in [0.25, 0.3) is 11.0 Å². The van der Waals surface area contributed by atoms with Crippen LogP contribution in [0.5, 0.6) is 0 Å². The Labute approximate surface area is 156 Å². The Hall–Kier alpha value is -3.19. The third kappa shape index (κ3) is 3.83. The SMILES string of the molecule is O=C(NCc1nc2ccccc2[nH]1)[C@H]1COCC(=O)N1Cc1ccccc1. The standard InChI is InChI=1S/C20H20N4O3/c25-19-13-27-12-17(24(19)11-14-6-2-1-3-7-14)20(26)21-10-18-22-15-8-4-5-9-16(15)23-18/h1-9,17H,10-13H2,(H,21,26)(H,22,23)/t17-/m1/s1. The average Bonchev–Trinajstić information content (AvgIpc) is 3.11. The molecule has 1 aromatic heterocycles. The summed E-state index contributed by atoms with van der Waals surface area (Å²) in [5.41, 5.74) is 2.75. The summed E-state index contributed by atoms with van der Waals surface area (Å²) in [7, 11) is 0. The highest BCUT2D eigenvalue weighted by molar-refractivity contribution is 5.89. The predicted octanol–water partition coefficient (Wildman–Crippen LogP) is 1.61. The average molecular weight is 364 g/mol. The molecule has 1 atom stereocenters. The van der Waals surface area contributed by atoms with Gasteiger partial charge in [-0.3, -0.25) is 9.59 Å². The molecule has 2 heterocycles. The van der Waals surface area contributed by atoms with Crippen molar-refractivity contribution >= 4 is 22.8 Å². The van der Waals surface area contributed by atoms with E-state index in [9.17, 15) is 9.59 Å². The maximum atomic E-state index is 12.7. The quantitative estimate of drug-likeness (QED) is 0.720. The molecule has 1 aliphatic heterocycles. The molecule has 0 bridgehead atoms. The van der Waals surface area contributed by atoms with Crippen LogP contribution in [0.15, 0.2) is 54.6 Å². The number of amides is 2. The summed E-state index contributed by atoms with van der Waals surface area (Å²) in [5.74, 6) is 0.232. The van der Waals surface area contributed by atoms with Crippen LogP contribution in [-0.2, 0) is 27.4 Å². The van der Waals surface area contributed by atoms with Crippen molar-refractivity contribution in [2.75, 3.05) is 13.2 Å². The number of H-pyrrole nitrogens is 1. The van der Waals surface area contributed by atoms with E-state index < -0.39 is 6.04 Å². The number of hydrogen-bond acceptors (Lipinski definition) is 4. The molecule has 0 radical (unpaired) electrons. The first kappa shape index (κ1) is 17.2. The number of carbonyl (C=O) groups excluding carboxylic acids is 2. The summed E-state index contributed by atoms with van der Waals surface area (Å²) in [6.07, 6.45) is 0. The molecule has 1 aliphatic rings. The number of rotatable bonds is 5. The fourth-order valence-electron chi connectivity index (χ4n) is 3.18. The van der Waals surface area contributed by atoms with Crippen LogP contribution in [0, 0.1) is 0 Å². The second-order valence-corrected chi connectivity index (χ2v) is 6.46. The smallest absolute Gasteiger partial charge is 0.249 e. The van der Waals surface area contributed by atoms with Gasteiger partial charge >= 0.3 is 0 Å². The summed E-state index contributed by atoms with van der Waals surface area (Å²) in [5, 5.41) is 2.86. The number of para-hydroxylation sites is 2. The van der Waals surface area contributed by atoms with Gasteiger partial charge in [0, 0.05) is 6.54 Å². The molecule has 4 rings (SSSR count). The minimum absolute atomic E-state index is 0.000185. The molecule has 2 aromatic carbocycles. The summed E-state index contributed by atoms with van der Waals surface area (Å²) >= 11 is 0. The van der Waals surface area contributed by atoms with Crippen molar-refractivity contribution in [3.05, 3.63) is 66.0 Å². The molecule has 1 saturated heterocycles. The number of aromatic nitrogens is 2. The first-order valence-corrected chi connectivity index (χ1v) is 8.83. The Morgan fingerprint density at radius 1 is 1.19 bits per heavy atom. The monoisotopic (exact) mass is 364 g/mol. The number of benzene rings is 2. The Morgan fingerprint density at radius 3 is 2.78 bits per heavy atom. The molecule has 0 unspecified atom stereocenters. The second kappa shape index (κ2) is 7.59. The van der Waals surface area contributed by atoms with Gasteiger partial charge in [0.1, 0.15) is 18.5 Å². The van der Waals surface area contributed by atoms with E-state index in [0.29, 0.717) is 12.4 Å². The van der Waals surface area contributed by atoms with Crippen molar-refractivity contribution in [2.45, 2.75) is 19.1 Å². The highest BCUT2D eigenvalue weighted by atomic mass is 16.5. The van der Waals surface area contributed by atoms with Crippen molar-refractivity contribution in [1.82, 2.24) is 20.2 Å². The van der Waals surface area contributed by atoms with Gasteiger partial charge in [-0.05, 0) is 17.7 Å². The van der Waals surface area contributed by atoms with Gasteiger partial charge in [0.15, 0.2) is 0 Å². The van der Waals surface area contributed by atoms with Crippen LogP contribution in [0.3, 0.4) is 0 Å². The highest BCUT2D eigenvalue weighted by Crippen LogP contribution is 2.14. The van der Waals surface area contributed by atoms with Gasteiger partial charge in [-0.15, -0.1) is 0 Å². The van der Waals surface area contributed by atoms with Crippen LogP contribution in [-0.4, -0.2) is 45.9 Å². The van der Waals surface area contributed by atoms with E-state index in [1.807, 2.05) is 54.6 Å². The van der Waals surface area contributed by atoms with Crippen molar-refractivity contribution < 1.29 is 14.3 Å². The van der Waals surface area contributed by atoms with E-state index in [1.165, 1.54) is 0 Å². The lowest BCUT2D eigenvalue weighted by molar-refractivity contribution is -0.155. The number of ether oxygens (including phenoxy) is 1. The third-order valence-electron chi connectivity index (χ3n) is 4.56. The topological polar surface area (TPSA) is 87.3 Å². The molecule has 0 aliphatic carbocycles. The Morgan fingerprint density at radius 2 is 1.96 bits per heavy atom. The summed E-state index contributed by atoms with van der Waals surface area (Å²) in [6.45, 7) is 0.827. The van der Waals surface area contributed by atoms with Crippen molar-refractivity contribution in [3.63, 3.8) is 0 Å². The van der Waals surface area contributed by atoms with Gasteiger partial charge in [0.2, 0.25) is 11.8 Å². The molecule has 2 amide bonds. The molecule has 1 fully saturated rings. The van der Waals surface area contributed by atoms with E-state index in [4.69, 9.17) is 4.74 Å². The largest absolute Gasteiger partial charge is 0.369 e. The molecule has 27 heavy (non-hydrogen) atoms. The number of carbonyl (C=O) groups is 2. The van der Waals surface area contributed by atoms with E-state index in [0.717, 1.165) is 16.6 Å². The zero-order chi connectivity index (χ0) is 18.6. The predicted molar refractivity (Wildman–Crippen MR) is 99.5 cm³/mol. The van der Waals surface area contributed by atoms with Crippen molar-refractivity contribution in [2.24, 2.45) is 0 Å². The number of nitrogens with one attached hydrogen (secondary N) is 2. The zero-order valence-corrected chi connectivity index (χ0v) is 14.7. The lowest BCUT2D eigenvalue weighted by atomic mass is 10.1. The molecule has 2 N–H and O–H groups in total. The fourth-order valence-corrected chi connectivity index (χ4v) is 3.18. The molecule has 138 valence electrons. The van der Waals surface area contributed by atoms with Gasteiger partial charge in [0.25, 0.3) is 0 Å². The minimum atomic E-state index is -0.657. The lowest BCUT2D eigenvalue weighted by Crippen LogP contribution is -2.55. The number of fused-ring (bicyclic) bond motifs is 1. The summed E-state index contributed by atoms with van der Waals surface area (Å²) in [4.78, 5) is 34.2. The maximum absolute atomic E-state index is 12.7. The Kier molecular flexibility index (Phi) is 4.84. The fraction of sp³-hybridized carbons (Fsp3) is 0.250. The van der Waals surface area contributed by atoms with Gasteiger partial charge in [-0.25, -0.2) is 4.98 Å². The Bertz CT molecular complexity index is 921. The molecule has 3 aromatic rings. The second-order valence-electron chi connectivity index (χ2n) is 6.46. The number of hydrogen-bond donors (Lipinski definition) is 2. The van der Waals surface area contributed by atoms with Crippen LogP contribution in [0.2, 0.25) is 0 Å². The lowest BCUT2D eigenvalue weighted by Gasteiger charge is -2.34. The summed E-state index contributed by atoms with van der Waals surface area (Å²) in [6, 6.07) is 16.6. The van der Waals surface area contributed by atoms with E-state index >= 15 is 0 Å². The number of aromatic amines is 1. The van der Waals surface area contributed by atoms with Gasteiger partial charge in [-0.1, -0.05) is 42.5 Å². The van der Waals surface area contributed by atoms with Crippen LogP contribution in [0.1, 0.15) is 11.4 Å². The van der Waals surface area contributed by atoms with E-state index in [-0.39, 0.29) is 31.6 Å². The molecular formula is C20H20N4O3. The first-order chi connectivity index (χ1) is 13.2. The summed E-state index contributed by atoms with van der Waals surface area (Å²) < 4.78 is 5.31. The normalized spacial score (nSPS) is 17.3. The molecule has 7 nitrogen and oxygen atoms in total. The van der Waals surface area contributed by atoms with Crippen molar-refractivity contribution in [3.8, 4) is 0 Å². The maximum Gasteiger partial charge on any atom is 0.249 e. The molecule has 7 heteroatoms. The van der Waals surface area contributed by atoms with Gasteiger partial charge < -0.3 is 19.9 Å². The van der Waals surface area contributed by atoms with E-state index in [1.54, 1.807) is 4.90 Å². The van der Waals surface area contributed by atoms with Crippen LogP contribution < -0.4 is 5.32 Å².